The van der Waals surface area contributed by atoms with Gasteiger partial charge in [0, 0.05) is 100 Å². The van der Waals surface area contributed by atoms with Crippen molar-refractivity contribution < 1.29 is 84.3 Å². The molecule has 4 saturated heterocycles. The molecular weight excluding hydrogens is 1460 g/mol. The molecule has 0 bridgehead atoms. The number of nitrogens with zero attached hydrogens (tertiary/aromatic N) is 10. The molecule has 3 unspecified atom stereocenters. The van der Waals surface area contributed by atoms with Crippen molar-refractivity contribution in [3.8, 4) is 0 Å². The second kappa shape index (κ2) is 38.3. The van der Waals surface area contributed by atoms with Crippen molar-refractivity contribution in [2.75, 3.05) is 88.6 Å². The first kappa shape index (κ1) is 88.6. The number of carbonyl (C=O) groups is 13. The van der Waals surface area contributed by atoms with E-state index in [4.69, 9.17) is 11.6 Å². The molecule has 13 atom stereocenters. The summed E-state index contributed by atoms with van der Waals surface area (Å²) < 4.78 is 72.0. The number of amides is 13. The van der Waals surface area contributed by atoms with E-state index in [2.05, 4.69) is 16.0 Å². The molecule has 4 heterocycles. The number of rotatable bonds is 13. The predicted molar refractivity (Wildman–Crippen MR) is 400 cm³/mol. The van der Waals surface area contributed by atoms with Gasteiger partial charge in [-0.05, 0) is 126 Å². The molecule has 8 aliphatic rings. The van der Waals surface area contributed by atoms with Gasteiger partial charge < -0.3 is 64.9 Å². The molecule has 4 aliphatic carbocycles. The van der Waals surface area contributed by atoms with Crippen LogP contribution >= 0.6 is 11.6 Å². The minimum Gasteiger partial charge on any atom is -0.343 e. The highest BCUT2D eigenvalue weighted by Crippen LogP contribution is 2.44. The summed E-state index contributed by atoms with van der Waals surface area (Å²) in [5.74, 6) is -16.2. The Hall–Kier alpha value is -6.95. The standard InChI is InChI=1S/C78H123ClF5N13O13/c1-13-48(4)64-73(108)89(7)49(5)68(103)97-38-31-56(97)71(106)92(10)59(43-50-23-15-14-16-24-50)70(105)88(6)46-61(98)85-55(30-28-51-27-29-53(54(79)42-51)78(82,83)84)69(104)91(9)58(44-63(100)95-39-34-77(80,81)35-40-95)67(102)87-76(32-19-20-33-76)75(110)94(12)65(52-25-17-18-26-52)74(109)93(11)60(72(107)96-36-21-22-37-96)45-62(99)90(8)57(41-47(2)3)66(101)86-64/h47-60,64-65H,13-46H2,1-12H3,(H,85,98)(H,86,101)(H,87,102)/t48-,49-,51?,53?,54?,55-,56-,57-,58-,59-,60-,64-,65-/m0/s1. The van der Waals surface area contributed by atoms with Gasteiger partial charge in [0.2, 0.25) is 76.8 Å². The Kier molecular flexibility index (Phi) is 30.8. The number of hydrogen-bond donors (Lipinski definition) is 3. The van der Waals surface area contributed by atoms with Crippen LogP contribution in [0.4, 0.5) is 22.0 Å². The fraction of sp³-hybridized carbons (Fsp3) is 0.833. The fourth-order valence-electron chi connectivity index (χ4n) is 18.0. The van der Waals surface area contributed by atoms with Crippen molar-refractivity contribution in [2.24, 2.45) is 35.5 Å². The monoisotopic (exact) mass is 1580 g/mol. The number of alkyl halides is 6. The smallest absolute Gasteiger partial charge is 0.343 e. The van der Waals surface area contributed by atoms with Crippen molar-refractivity contribution >= 4 is 88.4 Å². The number of hydrogen-bond acceptors (Lipinski definition) is 13. The van der Waals surface area contributed by atoms with E-state index in [1.807, 2.05) is 20.8 Å². The van der Waals surface area contributed by atoms with Crippen LogP contribution in [0.15, 0.2) is 0 Å². The minimum atomic E-state index is -4.59. The molecule has 0 aromatic heterocycles. The Morgan fingerprint density at radius 1 is 0.582 bits per heavy atom. The van der Waals surface area contributed by atoms with E-state index in [9.17, 15) is 45.9 Å². The largest absolute Gasteiger partial charge is 0.393 e. The molecule has 8 rings (SSSR count). The second-order valence-electron chi connectivity index (χ2n) is 33.7. The number of likely N-dealkylation sites (tertiary alicyclic amines) is 2. The summed E-state index contributed by atoms with van der Waals surface area (Å²) in [5, 5.41) is 7.28. The van der Waals surface area contributed by atoms with Gasteiger partial charge in [0.15, 0.2) is 0 Å². The third kappa shape index (κ3) is 21.3. The van der Waals surface area contributed by atoms with E-state index in [0.717, 1.165) is 46.8 Å². The second-order valence-corrected chi connectivity index (χ2v) is 34.3. The quantitative estimate of drug-likeness (QED) is 0.128. The summed E-state index contributed by atoms with van der Waals surface area (Å²) in [6.07, 6.45) is 1.27. The molecule has 620 valence electrons. The lowest BCUT2D eigenvalue weighted by molar-refractivity contribution is -0.182. The molecular formula is C78H123ClF5N13O13. The van der Waals surface area contributed by atoms with Gasteiger partial charge in [-0.25, -0.2) is 8.78 Å². The first-order valence-electron chi connectivity index (χ1n) is 40.4. The average Bonchev–Trinajstić information content (AvgIpc) is 1.48. The van der Waals surface area contributed by atoms with E-state index in [0.29, 0.717) is 70.9 Å². The summed E-state index contributed by atoms with van der Waals surface area (Å²) in [6, 6.07) is -12.2. The molecule has 4 aliphatic heterocycles. The number of piperidine rings is 1. The molecule has 26 nitrogen and oxygen atoms in total. The molecule has 4 saturated carbocycles. The topological polar surface area (TPSA) is 290 Å². The van der Waals surface area contributed by atoms with Gasteiger partial charge in [-0.3, -0.25) is 62.3 Å². The summed E-state index contributed by atoms with van der Waals surface area (Å²) in [7, 11) is 9.65. The number of carbonyl (C=O) groups excluding carboxylic acids is 13. The minimum absolute atomic E-state index is 0.000214. The summed E-state index contributed by atoms with van der Waals surface area (Å²) in [5.41, 5.74) is -1.82. The molecule has 8 fully saturated rings. The summed E-state index contributed by atoms with van der Waals surface area (Å²) >= 11 is 6.44. The van der Waals surface area contributed by atoms with Gasteiger partial charge in [-0.1, -0.05) is 91.9 Å². The molecule has 1 spiro atoms. The Balaban J connectivity index is 1.22. The Labute approximate surface area is 650 Å². The maximum absolute atomic E-state index is 15.9. The zero-order valence-electron chi connectivity index (χ0n) is 66.8. The molecule has 13 amide bonds. The van der Waals surface area contributed by atoms with Gasteiger partial charge in [0.1, 0.15) is 59.9 Å². The van der Waals surface area contributed by atoms with Crippen molar-refractivity contribution in [3.63, 3.8) is 0 Å². The van der Waals surface area contributed by atoms with Crippen LogP contribution in [0.2, 0.25) is 0 Å². The summed E-state index contributed by atoms with van der Waals surface area (Å²) in [4.78, 5) is 210. The summed E-state index contributed by atoms with van der Waals surface area (Å²) in [6.45, 7) is 8.03. The molecule has 110 heavy (non-hydrogen) atoms. The number of likely N-dealkylation sites (N-methyl/N-ethyl adjacent to an activating group) is 7. The maximum Gasteiger partial charge on any atom is 0.393 e. The maximum atomic E-state index is 15.9. The van der Waals surface area contributed by atoms with E-state index in [-0.39, 0.29) is 82.6 Å². The number of nitrogens with one attached hydrogen (secondary N) is 3. The van der Waals surface area contributed by atoms with Crippen molar-refractivity contribution in [3.05, 3.63) is 0 Å². The molecule has 3 N–H and O–H groups in total. The van der Waals surface area contributed by atoms with Gasteiger partial charge >= 0.3 is 6.18 Å². The Morgan fingerprint density at radius 3 is 1.76 bits per heavy atom. The first-order valence-corrected chi connectivity index (χ1v) is 40.9. The molecule has 32 heteroatoms. The van der Waals surface area contributed by atoms with E-state index >= 15 is 38.4 Å². The van der Waals surface area contributed by atoms with Crippen molar-refractivity contribution in [1.29, 1.82) is 0 Å². The zero-order valence-corrected chi connectivity index (χ0v) is 67.6. The van der Waals surface area contributed by atoms with Gasteiger partial charge in [-0.2, -0.15) is 13.2 Å². The lowest BCUT2D eigenvalue weighted by atomic mass is 9.78. The van der Waals surface area contributed by atoms with Gasteiger partial charge in [0.05, 0.1) is 25.3 Å². The van der Waals surface area contributed by atoms with Gasteiger partial charge in [0.25, 0.3) is 5.92 Å². The van der Waals surface area contributed by atoms with Crippen LogP contribution in [0.5, 0.6) is 0 Å². The fourth-order valence-corrected chi connectivity index (χ4v) is 18.6. The highest BCUT2D eigenvalue weighted by molar-refractivity contribution is 6.21. The predicted octanol–water partition coefficient (Wildman–Crippen LogP) is 6.72. The Morgan fingerprint density at radius 2 is 1.19 bits per heavy atom. The van der Waals surface area contributed by atoms with Gasteiger partial charge in [-0.15, -0.1) is 11.6 Å². The van der Waals surface area contributed by atoms with E-state index in [1.54, 1.807) is 11.8 Å². The highest BCUT2D eigenvalue weighted by Gasteiger charge is 2.53. The lowest BCUT2D eigenvalue weighted by Crippen LogP contribution is -2.65. The number of fused-ring (bicyclic) bond motifs is 1. The van der Waals surface area contributed by atoms with E-state index in [1.165, 1.54) is 85.7 Å². The SMILES string of the molecule is CC[C@H](C)[C@@H]1NC(=O)[C@H](CC(C)C)N(C)C(=O)C[C@@H](C(=O)N2CCCC2)N(C)C(=O)[C@H](C2CCCC2)N(C)C(=O)C2(CCCC2)NC(=O)[C@H](CC(=O)N2CCC(F)(F)CC2)N(C)C(=O)[C@H](CCC2CCC(C(F)(F)F)C(Cl)C2)NC(=O)CN(C)C(=O)[C@H](CC2CCCCC2)N(C)C(=O)[C@@H]2CCN2C(=O)[C@H](C)N(C)C1=O. The van der Waals surface area contributed by atoms with Crippen LogP contribution in [0.3, 0.4) is 0 Å². The number of halogens is 6. The van der Waals surface area contributed by atoms with Crippen molar-refractivity contribution in [1.82, 2.24) is 64.9 Å². The van der Waals surface area contributed by atoms with Crippen LogP contribution in [-0.2, 0) is 62.3 Å². The third-order valence-electron chi connectivity index (χ3n) is 25.7. The van der Waals surface area contributed by atoms with Crippen LogP contribution in [0.1, 0.15) is 214 Å². The van der Waals surface area contributed by atoms with Crippen LogP contribution in [0.25, 0.3) is 0 Å². The lowest BCUT2D eigenvalue weighted by Gasteiger charge is -2.45. The van der Waals surface area contributed by atoms with Crippen LogP contribution in [0, 0.1) is 35.5 Å². The van der Waals surface area contributed by atoms with E-state index < -0.39 is 223 Å². The Bertz CT molecular complexity index is 3300. The molecule has 0 aromatic carbocycles. The van der Waals surface area contributed by atoms with Crippen LogP contribution < -0.4 is 16.0 Å². The average molecular weight is 1580 g/mol. The molecule has 0 aromatic rings. The zero-order chi connectivity index (χ0) is 81.2. The van der Waals surface area contributed by atoms with Crippen molar-refractivity contribution in [2.45, 2.75) is 292 Å². The first-order chi connectivity index (χ1) is 51.7. The normalized spacial score (nSPS) is 30.8. The molecule has 0 radical (unpaired) electrons. The highest BCUT2D eigenvalue weighted by atomic mass is 35.5. The van der Waals surface area contributed by atoms with Crippen LogP contribution in [-0.4, -0.2) is 292 Å². The third-order valence-corrected chi connectivity index (χ3v) is 26.2.